The van der Waals surface area contributed by atoms with Crippen molar-refractivity contribution in [1.82, 2.24) is 14.8 Å². The molecule has 0 radical (unpaired) electrons. The Morgan fingerprint density at radius 1 is 1.28 bits per heavy atom. The Morgan fingerprint density at radius 2 is 1.88 bits per heavy atom. The molecule has 7 atom stereocenters. The zero-order valence-corrected chi connectivity index (χ0v) is 18.4. The van der Waals surface area contributed by atoms with Gasteiger partial charge < -0.3 is 35.2 Å². The Hall–Kier alpha value is -1.54. The molecule has 3 unspecified atom stereocenters. The second-order valence-corrected chi connectivity index (χ2v) is 10.6. The van der Waals surface area contributed by atoms with Crippen molar-refractivity contribution in [1.29, 1.82) is 0 Å². The summed E-state index contributed by atoms with van der Waals surface area (Å²) in [6.45, 7) is 0.995. The number of nitrogens with two attached hydrogens (primary N) is 1. The number of nitrogens with one attached hydrogen (secondary N) is 1. The summed E-state index contributed by atoms with van der Waals surface area (Å²) in [5.41, 5.74) is 1.75. The van der Waals surface area contributed by atoms with Gasteiger partial charge in [-0.25, -0.2) is 18.5 Å². The fourth-order valence-electron chi connectivity index (χ4n) is 2.64. The maximum atomic E-state index is 12.0. The standard InChI is InChI=1S/C11H17N4O14P3/c1-3-11(12)8(17)7(26-9(11)15-10(18)14-6(16)4-13-15)5(2)27-31(22,23)29-32(24,25)28-30(19,20)21/h1,4-5,7-9,17H,12H2,2H3,(H,22,23)(H,24,25)(H,14,16,18)(H2,19,20,21)/t5-,7+,8-,9+,11?/m0/s1. The number of hydrogen-bond acceptors (Lipinski definition) is 12. The van der Waals surface area contributed by atoms with Crippen LogP contribution >= 0.6 is 23.5 Å². The fourth-order valence-corrected chi connectivity index (χ4v) is 5.84. The molecule has 1 fully saturated rings. The molecule has 21 heteroatoms. The van der Waals surface area contributed by atoms with Gasteiger partial charge in [0.2, 0.25) is 0 Å². The topological polar surface area (TPSA) is 283 Å². The van der Waals surface area contributed by atoms with Gasteiger partial charge in [-0.1, -0.05) is 5.92 Å². The number of aliphatic hydroxyl groups is 1. The molecule has 8 N–H and O–H groups in total. The van der Waals surface area contributed by atoms with Crippen LogP contribution in [0.15, 0.2) is 15.8 Å². The number of aliphatic hydroxyl groups excluding tert-OH is 1. The van der Waals surface area contributed by atoms with Crippen molar-refractivity contribution < 1.29 is 56.3 Å². The maximum Gasteiger partial charge on any atom is 0.490 e. The first-order chi connectivity index (χ1) is 14.4. The molecule has 0 spiro atoms. The number of phosphoric ester groups is 1. The molecule has 1 aliphatic heterocycles. The van der Waals surface area contributed by atoms with E-state index in [-0.39, 0.29) is 0 Å². The Bertz CT molecular complexity index is 1170. The van der Waals surface area contributed by atoms with Crippen LogP contribution in [0.3, 0.4) is 0 Å². The van der Waals surface area contributed by atoms with Crippen LogP contribution in [0.4, 0.5) is 0 Å². The van der Waals surface area contributed by atoms with Crippen LogP contribution in [0.2, 0.25) is 0 Å². The molecule has 1 aliphatic rings. The van der Waals surface area contributed by atoms with Gasteiger partial charge in [0.1, 0.15) is 18.4 Å². The highest BCUT2D eigenvalue weighted by Gasteiger charge is 2.57. The minimum atomic E-state index is -5.79. The Morgan fingerprint density at radius 3 is 2.38 bits per heavy atom. The number of rotatable bonds is 8. The van der Waals surface area contributed by atoms with Gasteiger partial charge in [-0.3, -0.25) is 14.3 Å². The zero-order chi connectivity index (χ0) is 24.7. The summed E-state index contributed by atoms with van der Waals surface area (Å²) in [7, 11) is -17.0. The second kappa shape index (κ2) is 9.01. The van der Waals surface area contributed by atoms with E-state index in [1.807, 2.05) is 10.9 Å². The highest BCUT2D eigenvalue weighted by Crippen LogP contribution is 2.66. The first-order valence-electron chi connectivity index (χ1n) is 8.01. The van der Waals surface area contributed by atoms with Gasteiger partial charge in [0.15, 0.2) is 11.8 Å². The highest BCUT2D eigenvalue weighted by atomic mass is 31.3. The minimum Gasteiger partial charge on any atom is -0.387 e. The van der Waals surface area contributed by atoms with E-state index in [2.05, 4.69) is 18.2 Å². The van der Waals surface area contributed by atoms with Crippen molar-refractivity contribution in [3.05, 3.63) is 27.0 Å². The molecule has 0 bridgehead atoms. The average Bonchev–Trinajstić information content (AvgIpc) is 2.84. The van der Waals surface area contributed by atoms with Gasteiger partial charge in [-0.15, -0.1) is 6.42 Å². The lowest BCUT2D eigenvalue weighted by molar-refractivity contribution is -0.0794. The normalized spacial score (nSPS) is 30.8. The molecule has 0 saturated carbocycles. The molecule has 1 aromatic heterocycles. The highest BCUT2D eigenvalue weighted by molar-refractivity contribution is 7.66. The molecule has 32 heavy (non-hydrogen) atoms. The first-order valence-corrected chi connectivity index (χ1v) is 12.5. The van der Waals surface area contributed by atoms with E-state index in [0.29, 0.717) is 10.9 Å². The summed E-state index contributed by atoms with van der Waals surface area (Å²) in [5, 5.41) is 14.0. The third-order valence-electron chi connectivity index (χ3n) is 3.88. The zero-order valence-electron chi connectivity index (χ0n) is 15.7. The van der Waals surface area contributed by atoms with E-state index in [4.69, 9.17) is 26.7 Å². The van der Waals surface area contributed by atoms with Crippen molar-refractivity contribution in [3.63, 3.8) is 0 Å². The molecule has 0 aromatic carbocycles. The van der Waals surface area contributed by atoms with Gasteiger partial charge in [0, 0.05) is 0 Å². The van der Waals surface area contributed by atoms with Crippen LogP contribution in [0.1, 0.15) is 13.2 Å². The SMILES string of the molecule is C#CC1(N)[C@@H](O)[C@@H]([C@H](C)OP(=O)(O)OP(=O)(O)OP(=O)(O)O)O[C@H]1n1ncc(=O)[nH]c1=O. The molecular weight excluding hydrogens is 505 g/mol. The van der Waals surface area contributed by atoms with Gasteiger partial charge >= 0.3 is 29.2 Å². The number of terminal acetylenes is 1. The molecule has 0 aliphatic carbocycles. The smallest absolute Gasteiger partial charge is 0.387 e. The predicted octanol–water partition coefficient (Wildman–Crippen LogP) is -2.75. The van der Waals surface area contributed by atoms with Crippen molar-refractivity contribution in [3.8, 4) is 12.3 Å². The van der Waals surface area contributed by atoms with E-state index in [9.17, 15) is 38.2 Å². The van der Waals surface area contributed by atoms with Gasteiger partial charge in [-0.05, 0) is 6.92 Å². The Balaban J connectivity index is 2.28. The number of H-pyrrole nitrogens is 1. The Kier molecular flexibility index (Phi) is 7.52. The summed E-state index contributed by atoms with van der Waals surface area (Å²) >= 11 is 0. The molecule has 180 valence electrons. The lowest BCUT2D eigenvalue weighted by Crippen LogP contribution is -2.56. The van der Waals surface area contributed by atoms with Crippen molar-refractivity contribution >= 4 is 23.5 Å². The van der Waals surface area contributed by atoms with Crippen LogP contribution in [0.5, 0.6) is 0 Å². The van der Waals surface area contributed by atoms with Crippen molar-refractivity contribution in [2.75, 3.05) is 0 Å². The van der Waals surface area contributed by atoms with Crippen molar-refractivity contribution in [2.24, 2.45) is 5.73 Å². The summed E-state index contributed by atoms with van der Waals surface area (Å²) in [6.07, 6.45) is -1.01. The maximum absolute atomic E-state index is 12.0. The van der Waals surface area contributed by atoms with Crippen molar-refractivity contribution in [2.45, 2.75) is 37.0 Å². The van der Waals surface area contributed by atoms with Crippen LogP contribution < -0.4 is 17.0 Å². The molecule has 18 nitrogen and oxygen atoms in total. The number of aromatic amines is 1. The lowest BCUT2D eigenvalue weighted by Gasteiger charge is -2.27. The third-order valence-corrected chi connectivity index (χ3v) is 7.81. The number of aromatic nitrogens is 3. The largest absolute Gasteiger partial charge is 0.490 e. The van der Waals surface area contributed by atoms with E-state index in [1.165, 1.54) is 0 Å². The monoisotopic (exact) mass is 522 g/mol. The predicted molar refractivity (Wildman–Crippen MR) is 99.2 cm³/mol. The van der Waals surface area contributed by atoms with E-state index >= 15 is 0 Å². The molecular formula is C11H17N4O14P3. The van der Waals surface area contributed by atoms with Crippen LogP contribution in [-0.4, -0.2) is 63.3 Å². The summed E-state index contributed by atoms with van der Waals surface area (Å²) < 4.78 is 51.7. The molecule has 2 heterocycles. The van der Waals surface area contributed by atoms with E-state index in [0.717, 1.165) is 6.92 Å². The summed E-state index contributed by atoms with van der Waals surface area (Å²) in [5.74, 6) is 1.99. The summed E-state index contributed by atoms with van der Waals surface area (Å²) in [6, 6.07) is 0. The lowest BCUT2D eigenvalue weighted by atomic mass is 9.90. The fraction of sp³-hybridized carbons (Fsp3) is 0.545. The second-order valence-electron chi connectivity index (χ2n) is 6.26. The van der Waals surface area contributed by atoms with Crippen LogP contribution in [0, 0.1) is 12.3 Å². The van der Waals surface area contributed by atoms with Crippen LogP contribution in [0.25, 0.3) is 0 Å². The van der Waals surface area contributed by atoms with Crippen LogP contribution in [-0.2, 0) is 31.6 Å². The molecule has 2 rings (SSSR count). The third kappa shape index (κ3) is 6.07. The van der Waals surface area contributed by atoms with E-state index in [1.54, 1.807) is 0 Å². The van der Waals surface area contributed by atoms with Gasteiger partial charge in [0.25, 0.3) is 5.56 Å². The number of ether oxygens (including phenoxy) is 1. The molecule has 0 amide bonds. The quantitative estimate of drug-likeness (QED) is 0.135. The molecule has 1 saturated heterocycles. The number of hydrogen-bond donors (Lipinski definition) is 7. The van der Waals surface area contributed by atoms with E-state index < -0.39 is 64.8 Å². The number of phosphoric acid groups is 3. The average molecular weight is 522 g/mol. The van der Waals surface area contributed by atoms with Gasteiger partial charge in [0.05, 0.1) is 6.10 Å². The Labute approximate surface area is 177 Å². The summed E-state index contributed by atoms with van der Waals surface area (Å²) in [4.78, 5) is 60.9. The molecule has 1 aromatic rings. The minimum absolute atomic E-state index is 0.488. The number of nitrogens with zero attached hydrogens (tertiary/aromatic N) is 2. The van der Waals surface area contributed by atoms with Gasteiger partial charge in [-0.2, -0.15) is 18.4 Å². The first kappa shape index (κ1) is 26.7.